The van der Waals surface area contributed by atoms with Gasteiger partial charge in [0.25, 0.3) is 0 Å². The highest BCUT2D eigenvalue weighted by Crippen LogP contribution is 2.12. The lowest BCUT2D eigenvalue weighted by molar-refractivity contribution is 0.568. The second-order valence-electron chi connectivity index (χ2n) is 4.28. The molecule has 1 rings (SSSR count). The van der Waals surface area contributed by atoms with E-state index < -0.39 is 0 Å². The summed E-state index contributed by atoms with van der Waals surface area (Å²) in [6.45, 7) is 7.48. The van der Waals surface area contributed by atoms with Crippen LogP contribution in [0.2, 0.25) is 0 Å². The SMILES string of the molecule is CC(C)(C)C#CCC1C=CNC1. The molecule has 1 nitrogen and oxygen atoms in total. The third-order valence-corrected chi connectivity index (χ3v) is 1.69. The van der Waals surface area contributed by atoms with Gasteiger partial charge in [-0.2, -0.15) is 0 Å². The largest absolute Gasteiger partial charge is 0.391 e. The maximum Gasteiger partial charge on any atom is 0.0230 e. The average Bonchev–Trinajstić information content (AvgIpc) is 2.36. The molecular formula is C11H17N. The van der Waals surface area contributed by atoms with E-state index in [0.717, 1.165) is 13.0 Å². The maximum absolute atomic E-state index is 3.24. The molecule has 0 aromatic carbocycles. The zero-order valence-corrected chi connectivity index (χ0v) is 8.15. The molecule has 0 saturated heterocycles. The summed E-state index contributed by atoms with van der Waals surface area (Å²) in [5.74, 6) is 7.09. The van der Waals surface area contributed by atoms with Crippen LogP contribution >= 0.6 is 0 Å². The third-order valence-electron chi connectivity index (χ3n) is 1.69. The van der Waals surface area contributed by atoms with Gasteiger partial charge in [0, 0.05) is 24.3 Å². The molecule has 0 amide bonds. The molecule has 1 atom stereocenters. The Labute approximate surface area is 75.2 Å². The van der Waals surface area contributed by atoms with Crippen LogP contribution in [0.15, 0.2) is 12.3 Å². The van der Waals surface area contributed by atoms with E-state index in [-0.39, 0.29) is 5.41 Å². The van der Waals surface area contributed by atoms with Gasteiger partial charge >= 0.3 is 0 Å². The molecule has 66 valence electrons. The van der Waals surface area contributed by atoms with E-state index in [1.165, 1.54) is 0 Å². The van der Waals surface area contributed by atoms with Crippen molar-refractivity contribution in [2.24, 2.45) is 11.3 Å². The number of hydrogen-bond donors (Lipinski definition) is 1. The van der Waals surface area contributed by atoms with Gasteiger partial charge in [0.15, 0.2) is 0 Å². The summed E-state index contributed by atoms with van der Waals surface area (Å²) < 4.78 is 0. The molecule has 1 heteroatoms. The minimum Gasteiger partial charge on any atom is -0.391 e. The van der Waals surface area contributed by atoms with E-state index in [1.807, 2.05) is 6.20 Å². The molecule has 1 unspecified atom stereocenters. The molecule has 0 aromatic rings. The monoisotopic (exact) mass is 163 g/mol. The summed E-state index contributed by atoms with van der Waals surface area (Å²) in [6, 6.07) is 0. The van der Waals surface area contributed by atoms with E-state index >= 15 is 0 Å². The van der Waals surface area contributed by atoms with Crippen molar-refractivity contribution in [3.05, 3.63) is 12.3 Å². The molecule has 0 aromatic heterocycles. The van der Waals surface area contributed by atoms with Crippen LogP contribution in [0.5, 0.6) is 0 Å². The Morgan fingerprint density at radius 2 is 2.25 bits per heavy atom. The van der Waals surface area contributed by atoms with Crippen molar-refractivity contribution in [3.63, 3.8) is 0 Å². The fourth-order valence-electron chi connectivity index (χ4n) is 1.08. The molecular weight excluding hydrogens is 146 g/mol. The lowest BCUT2D eigenvalue weighted by Gasteiger charge is -2.07. The van der Waals surface area contributed by atoms with Gasteiger partial charge in [0.05, 0.1) is 0 Å². The van der Waals surface area contributed by atoms with E-state index in [4.69, 9.17) is 0 Å². The van der Waals surface area contributed by atoms with Crippen molar-refractivity contribution in [1.82, 2.24) is 5.32 Å². The molecule has 0 aliphatic carbocycles. The maximum atomic E-state index is 3.24. The smallest absolute Gasteiger partial charge is 0.0230 e. The second kappa shape index (κ2) is 3.67. The van der Waals surface area contributed by atoms with Crippen LogP contribution in [0.1, 0.15) is 27.2 Å². The van der Waals surface area contributed by atoms with Crippen molar-refractivity contribution >= 4 is 0 Å². The van der Waals surface area contributed by atoms with Crippen molar-refractivity contribution in [1.29, 1.82) is 0 Å². The second-order valence-corrected chi connectivity index (χ2v) is 4.28. The normalized spacial score (nSPS) is 21.4. The highest BCUT2D eigenvalue weighted by molar-refractivity contribution is 5.10. The van der Waals surface area contributed by atoms with Gasteiger partial charge in [-0.05, 0) is 27.0 Å². The Morgan fingerprint density at radius 3 is 2.75 bits per heavy atom. The van der Waals surface area contributed by atoms with E-state index in [1.54, 1.807) is 0 Å². The van der Waals surface area contributed by atoms with Gasteiger partial charge in [0.1, 0.15) is 0 Å². The average molecular weight is 163 g/mol. The van der Waals surface area contributed by atoms with Crippen molar-refractivity contribution in [3.8, 4) is 11.8 Å². The summed E-state index contributed by atoms with van der Waals surface area (Å²) in [5.41, 5.74) is 0.149. The van der Waals surface area contributed by atoms with Gasteiger partial charge in [-0.1, -0.05) is 12.0 Å². The minimum absolute atomic E-state index is 0.149. The number of rotatable bonds is 1. The van der Waals surface area contributed by atoms with Crippen LogP contribution in [0.25, 0.3) is 0 Å². The summed E-state index contributed by atoms with van der Waals surface area (Å²) in [5, 5.41) is 3.17. The minimum atomic E-state index is 0.149. The standard InChI is InChI=1S/C11H17N/c1-11(2,3)7-4-5-10-6-8-12-9-10/h6,8,10,12H,5,9H2,1-3H3. The predicted molar refractivity (Wildman–Crippen MR) is 52.5 cm³/mol. The Morgan fingerprint density at radius 1 is 1.50 bits per heavy atom. The Balaban J connectivity index is 2.32. The quantitative estimate of drug-likeness (QED) is 0.584. The predicted octanol–water partition coefficient (Wildman–Crippen LogP) is 2.16. The lowest BCUT2D eigenvalue weighted by Crippen LogP contribution is -2.08. The van der Waals surface area contributed by atoms with Gasteiger partial charge in [-0.25, -0.2) is 0 Å². The fourth-order valence-corrected chi connectivity index (χ4v) is 1.08. The Bertz CT molecular complexity index is 222. The molecule has 0 fully saturated rings. The van der Waals surface area contributed by atoms with Crippen LogP contribution in [0.4, 0.5) is 0 Å². The molecule has 12 heavy (non-hydrogen) atoms. The molecule has 0 radical (unpaired) electrons. The molecule has 0 saturated carbocycles. The summed E-state index contributed by atoms with van der Waals surface area (Å²) >= 11 is 0. The van der Waals surface area contributed by atoms with E-state index in [0.29, 0.717) is 5.92 Å². The highest BCUT2D eigenvalue weighted by Gasteiger charge is 2.07. The van der Waals surface area contributed by atoms with Crippen molar-refractivity contribution < 1.29 is 0 Å². The first-order valence-corrected chi connectivity index (χ1v) is 4.48. The highest BCUT2D eigenvalue weighted by atomic mass is 14.9. The van der Waals surface area contributed by atoms with Crippen LogP contribution in [0, 0.1) is 23.2 Å². The fraction of sp³-hybridized carbons (Fsp3) is 0.636. The van der Waals surface area contributed by atoms with Gasteiger partial charge in [-0.15, -0.1) is 5.92 Å². The summed E-state index contributed by atoms with van der Waals surface area (Å²) in [6.07, 6.45) is 5.20. The van der Waals surface area contributed by atoms with Crippen LogP contribution < -0.4 is 5.32 Å². The van der Waals surface area contributed by atoms with Crippen molar-refractivity contribution in [2.45, 2.75) is 27.2 Å². The van der Waals surface area contributed by atoms with E-state index in [9.17, 15) is 0 Å². The Hall–Kier alpha value is -0.900. The molecule has 0 spiro atoms. The molecule has 1 heterocycles. The van der Waals surface area contributed by atoms with Gasteiger partial charge in [-0.3, -0.25) is 0 Å². The van der Waals surface area contributed by atoms with E-state index in [2.05, 4.69) is 44.0 Å². The van der Waals surface area contributed by atoms with Gasteiger partial charge in [0.2, 0.25) is 0 Å². The first-order valence-electron chi connectivity index (χ1n) is 4.48. The first-order chi connectivity index (χ1) is 5.58. The summed E-state index contributed by atoms with van der Waals surface area (Å²) in [7, 11) is 0. The zero-order chi connectivity index (χ0) is 9.03. The van der Waals surface area contributed by atoms with Crippen LogP contribution in [-0.4, -0.2) is 6.54 Å². The topological polar surface area (TPSA) is 12.0 Å². The van der Waals surface area contributed by atoms with Crippen LogP contribution in [-0.2, 0) is 0 Å². The molecule has 1 aliphatic heterocycles. The zero-order valence-electron chi connectivity index (χ0n) is 8.15. The van der Waals surface area contributed by atoms with Crippen LogP contribution in [0.3, 0.4) is 0 Å². The Kier molecular flexibility index (Phi) is 2.81. The summed E-state index contributed by atoms with van der Waals surface area (Å²) in [4.78, 5) is 0. The number of nitrogens with one attached hydrogen (secondary N) is 1. The molecule has 0 bridgehead atoms. The lowest BCUT2D eigenvalue weighted by atomic mass is 9.97. The van der Waals surface area contributed by atoms with Gasteiger partial charge < -0.3 is 5.32 Å². The van der Waals surface area contributed by atoms with Crippen molar-refractivity contribution in [2.75, 3.05) is 6.54 Å². The number of hydrogen-bond acceptors (Lipinski definition) is 1. The molecule has 1 N–H and O–H groups in total. The molecule has 1 aliphatic rings. The first kappa shape index (κ1) is 9.19. The third kappa shape index (κ3) is 3.48.